The molecule has 3 rings (SSSR count). The van der Waals surface area contributed by atoms with Crippen LogP contribution in [0.15, 0.2) is 24.3 Å². The van der Waals surface area contributed by atoms with Crippen molar-refractivity contribution in [3.05, 3.63) is 29.8 Å². The van der Waals surface area contributed by atoms with Gasteiger partial charge in [-0.25, -0.2) is 0 Å². The highest BCUT2D eigenvalue weighted by Crippen LogP contribution is 2.30. The molecule has 1 unspecified atom stereocenters. The molecule has 2 fully saturated rings. The van der Waals surface area contributed by atoms with E-state index in [1.54, 1.807) is 18.2 Å². The molecule has 4 N–H and O–H groups in total. The lowest BCUT2D eigenvalue weighted by molar-refractivity contribution is -0.117. The van der Waals surface area contributed by atoms with Crippen LogP contribution in [-0.2, 0) is 4.79 Å². The molecule has 5 nitrogen and oxygen atoms in total. The van der Waals surface area contributed by atoms with Gasteiger partial charge in [0.15, 0.2) is 0 Å². The average Bonchev–Trinajstić information content (AvgIpc) is 3.45. The molecule has 1 aromatic carbocycles. The summed E-state index contributed by atoms with van der Waals surface area (Å²) < 4.78 is 0. The smallest absolute Gasteiger partial charge is 0.251 e. The molecule has 130 valence electrons. The second-order valence-electron chi connectivity index (χ2n) is 7.06. The molecule has 0 heterocycles. The van der Waals surface area contributed by atoms with Crippen LogP contribution in [0.2, 0.25) is 0 Å². The Morgan fingerprint density at radius 1 is 1.12 bits per heavy atom. The van der Waals surface area contributed by atoms with Gasteiger partial charge in [0.05, 0.1) is 0 Å². The highest BCUT2D eigenvalue weighted by atomic mass is 16.2. The van der Waals surface area contributed by atoms with Gasteiger partial charge in [-0.05, 0) is 49.8 Å². The highest BCUT2D eigenvalue weighted by Gasteiger charge is 2.29. The zero-order valence-electron chi connectivity index (χ0n) is 14.1. The monoisotopic (exact) mass is 329 g/mol. The van der Waals surface area contributed by atoms with Gasteiger partial charge < -0.3 is 16.4 Å². The van der Waals surface area contributed by atoms with Crippen molar-refractivity contribution in [3.8, 4) is 0 Å². The maximum Gasteiger partial charge on any atom is 0.251 e. The summed E-state index contributed by atoms with van der Waals surface area (Å²) in [5.74, 6) is 0.564. The normalized spacial score (nSPS) is 19.5. The van der Waals surface area contributed by atoms with Crippen LogP contribution in [0, 0.1) is 11.8 Å². The van der Waals surface area contributed by atoms with E-state index in [0.717, 1.165) is 25.7 Å². The Bertz CT molecular complexity index is 592. The van der Waals surface area contributed by atoms with Crippen molar-refractivity contribution in [2.24, 2.45) is 17.6 Å². The zero-order chi connectivity index (χ0) is 16.9. The van der Waals surface area contributed by atoms with Crippen molar-refractivity contribution in [2.45, 2.75) is 51.0 Å². The summed E-state index contributed by atoms with van der Waals surface area (Å²) in [6.07, 6.45) is 7.93. The third-order valence-electron chi connectivity index (χ3n) is 5.13. The van der Waals surface area contributed by atoms with E-state index in [0.29, 0.717) is 23.7 Å². The summed E-state index contributed by atoms with van der Waals surface area (Å²) in [5.41, 5.74) is 7.14. The molecule has 0 saturated heterocycles. The summed E-state index contributed by atoms with van der Waals surface area (Å²) in [6.45, 7) is 0.467. The van der Waals surface area contributed by atoms with Crippen LogP contribution >= 0.6 is 0 Å². The van der Waals surface area contributed by atoms with Crippen LogP contribution in [-0.4, -0.2) is 24.4 Å². The second-order valence-corrected chi connectivity index (χ2v) is 7.06. The van der Waals surface area contributed by atoms with Gasteiger partial charge in [-0.3, -0.25) is 9.59 Å². The second kappa shape index (κ2) is 7.79. The van der Waals surface area contributed by atoms with Crippen molar-refractivity contribution in [2.75, 3.05) is 11.9 Å². The van der Waals surface area contributed by atoms with E-state index in [1.165, 1.54) is 19.3 Å². The van der Waals surface area contributed by atoms with Crippen molar-refractivity contribution in [1.29, 1.82) is 0 Å². The van der Waals surface area contributed by atoms with E-state index in [9.17, 15) is 9.59 Å². The first kappa shape index (κ1) is 17.0. The summed E-state index contributed by atoms with van der Waals surface area (Å²) in [5, 5.41) is 5.98. The maximum absolute atomic E-state index is 12.6. The Morgan fingerprint density at radius 2 is 1.88 bits per heavy atom. The number of hydrogen-bond acceptors (Lipinski definition) is 3. The first-order valence-corrected chi connectivity index (χ1v) is 9.09. The molecule has 2 aliphatic carbocycles. The maximum atomic E-state index is 12.6. The fourth-order valence-corrected chi connectivity index (χ4v) is 3.49. The van der Waals surface area contributed by atoms with Gasteiger partial charge in [-0.2, -0.15) is 0 Å². The first-order chi connectivity index (χ1) is 11.7. The van der Waals surface area contributed by atoms with E-state index < -0.39 is 0 Å². The molecule has 0 radical (unpaired) electrons. The van der Waals surface area contributed by atoms with E-state index >= 15 is 0 Å². The predicted molar refractivity (Wildman–Crippen MR) is 94.7 cm³/mol. The van der Waals surface area contributed by atoms with E-state index in [2.05, 4.69) is 10.6 Å². The number of carbonyl (C=O) groups excluding carboxylic acids is 2. The number of rotatable bonds is 6. The molecule has 2 saturated carbocycles. The fourth-order valence-electron chi connectivity index (χ4n) is 3.49. The molecule has 0 bridgehead atoms. The molecule has 0 aliphatic heterocycles. The Hall–Kier alpha value is -1.88. The fraction of sp³-hybridized carbons (Fsp3) is 0.579. The minimum atomic E-state index is -0.112. The van der Waals surface area contributed by atoms with Gasteiger partial charge in [0, 0.05) is 29.8 Å². The molecule has 2 aliphatic rings. The Labute approximate surface area is 143 Å². The lowest BCUT2D eigenvalue weighted by Gasteiger charge is -2.30. The van der Waals surface area contributed by atoms with Crippen LogP contribution in [0.5, 0.6) is 0 Å². The van der Waals surface area contributed by atoms with Crippen molar-refractivity contribution in [3.63, 3.8) is 0 Å². The molecule has 5 heteroatoms. The standard InChI is InChI=1S/C19H27N3O2/c20-12-17(13-5-2-1-3-6-13)22-19(24)15-7-4-8-16(11-15)21-18(23)14-9-10-14/h4,7-8,11,13-14,17H,1-3,5-6,9-10,12,20H2,(H,21,23)(H,22,24). The summed E-state index contributed by atoms with van der Waals surface area (Å²) in [6, 6.07) is 7.16. The van der Waals surface area contributed by atoms with Gasteiger partial charge in [0.25, 0.3) is 5.91 Å². The molecule has 2 amide bonds. The Morgan fingerprint density at radius 3 is 2.54 bits per heavy atom. The Kier molecular flexibility index (Phi) is 5.51. The van der Waals surface area contributed by atoms with Gasteiger partial charge in [-0.1, -0.05) is 25.3 Å². The minimum Gasteiger partial charge on any atom is -0.348 e. The summed E-state index contributed by atoms with van der Waals surface area (Å²) in [4.78, 5) is 24.4. The Balaban J connectivity index is 1.61. The third-order valence-corrected chi connectivity index (χ3v) is 5.13. The van der Waals surface area contributed by atoms with Gasteiger partial charge in [0.2, 0.25) is 5.91 Å². The zero-order valence-corrected chi connectivity index (χ0v) is 14.1. The van der Waals surface area contributed by atoms with Crippen LogP contribution in [0.4, 0.5) is 5.69 Å². The van der Waals surface area contributed by atoms with Crippen molar-refractivity contribution in [1.82, 2.24) is 5.32 Å². The van der Waals surface area contributed by atoms with Gasteiger partial charge in [0.1, 0.15) is 0 Å². The number of nitrogens with two attached hydrogens (primary N) is 1. The van der Waals surface area contributed by atoms with Gasteiger partial charge in [-0.15, -0.1) is 0 Å². The van der Waals surface area contributed by atoms with Crippen molar-refractivity contribution < 1.29 is 9.59 Å². The number of benzene rings is 1. The number of nitrogens with one attached hydrogen (secondary N) is 2. The van der Waals surface area contributed by atoms with Crippen LogP contribution < -0.4 is 16.4 Å². The number of hydrogen-bond donors (Lipinski definition) is 3. The average molecular weight is 329 g/mol. The first-order valence-electron chi connectivity index (χ1n) is 9.09. The largest absolute Gasteiger partial charge is 0.348 e. The molecule has 0 aromatic heterocycles. The molecular weight excluding hydrogens is 302 g/mol. The molecule has 1 atom stereocenters. The lowest BCUT2D eigenvalue weighted by atomic mass is 9.84. The number of amides is 2. The van der Waals surface area contributed by atoms with E-state index in [-0.39, 0.29) is 23.8 Å². The predicted octanol–water partition coefficient (Wildman–Crippen LogP) is 2.67. The quantitative estimate of drug-likeness (QED) is 0.750. The third kappa shape index (κ3) is 4.35. The number of anilines is 1. The summed E-state index contributed by atoms with van der Waals surface area (Å²) >= 11 is 0. The van der Waals surface area contributed by atoms with Crippen LogP contribution in [0.1, 0.15) is 55.3 Å². The molecule has 0 spiro atoms. The minimum absolute atomic E-state index is 0.0301. The summed E-state index contributed by atoms with van der Waals surface area (Å²) in [7, 11) is 0. The molecule has 1 aromatic rings. The van der Waals surface area contributed by atoms with Gasteiger partial charge >= 0.3 is 0 Å². The van der Waals surface area contributed by atoms with E-state index in [1.807, 2.05) is 6.07 Å². The van der Waals surface area contributed by atoms with Crippen molar-refractivity contribution >= 4 is 17.5 Å². The van der Waals surface area contributed by atoms with Crippen LogP contribution in [0.25, 0.3) is 0 Å². The molecular formula is C19H27N3O2. The topological polar surface area (TPSA) is 84.2 Å². The number of carbonyl (C=O) groups is 2. The van der Waals surface area contributed by atoms with E-state index in [4.69, 9.17) is 5.73 Å². The molecule has 24 heavy (non-hydrogen) atoms. The highest BCUT2D eigenvalue weighted by molar-refractivity contribution is 5.98. The van der Waals surface area contributed by atoms with Crippen LogP contribution in [0.3, 0.4) is 0 Å². The lowest BCUT2D eigenvalue weighted by Crippen LogP contribution is -2.45. The SMILES string of the molecule is NCC(NC(=O)c1cccc(NC(=O)C2CC2)c1)C1CCCCC1.